The van der Waals surface area contributed by atoms with Crippen molar-refractivity contribution in [2.24, 2.45) is 0 Å². The second-order valence-electron chi connectivity index (χ2n) is 5.88. The number of nitrogens with zero attached hydrogens (tertiary/aromatic N) is 2. The van der Waals surface area contributed by atoms with Crippen LogP contribution >= 0.6 is 24.0 Å². The average molecular weight is 463 g/mol. The minimum Gasteiger partial charge on any atom is -0.378 e. The molecule has 1 aliphatic heterocycles. The fraction of sp³-hybridized carbons (Fsp3) is 0.0526. The number of amides is 1. The van der Waals surface area contributed by atoms with E-state index in [4.69, 9.17) is 16.4 Å². The molecule has 30 heavy (non-hydrogen) atoms. The lowest BCUT2D eigenvalue weighted by Crippen LogP contribution is -2.27. The zero-order chi connectivity index (χ0) is 21.9. The van der Waals surface area contributed by atoms with Crippen molar-refractivity contribution in [1.82, 2.24) is 4.90 Å². The van der Waals surface area contributed by atoms with Crippen LogP contribution in [-0.2, 0) is 14.9 Å². The molecule has 0 radical (unpaired) electrons. The summed E-state index contributed by atoms with van der Waals surface area (Å²) in [6.07, 6.45) is 3.01. The van der Waals surface area contributed by atoms with E-state index in [1.54, 1.807) is 24.3 Å². The molecule has 1 aliphatic rings. The van der Waals surface area contributed by atoms with Gasteiger partial charge in [-0.1, -0.05) is 60.4 Å². The highest BCUT2D eigenvalue weighted by Crippen LogP contribution is 2.35. The highest BCUT2D eigenvalue weighted by molar-refractivity contribution is 8.26. The van der Waals surface area contributed by atoms with Crippen molar-refractivity contribution < 1.29 is 22.3 Å². The van der Waals surface area contributed by atoms with Gasteiger partial charge in [0.1, 0.15) is 10.1 Å². The fourth-order valence-electron chi connectivity index (χ4n) is 2.59. The largest absolute Gasteiger partial charge is 0.378 e. The van der Waals surface area contributed by atoms with E-state index in [0.717, 1.165) is 23.9 Å². The first-order valence-corrected chi connectivity index (χ1v) is 11.0. The van der Waals surface area contributed by atoms with Gasteiger partial charge in [0, 0.05) is 18.2 Å². The summed E-state index contributed by atoms with van der Waals surface area (Å²) in [5.74, 6) is -0.411. The van der Waals surface area contributed by atoms with E-state index in [1.165, 1.54) is 29.2 Å². The molecule has 11 heteroatoms. The minimum absolute atomic E-state index is 0.0790. The molecule has 0 spiro atoms. The van der Waals surface area contributed by atoms with Crippen molar-refractivity contribution in [3.63, 3.8) is 0 Å². The van der Waals surface area contributed by atoms with Crippen LogP contribution in [-0.4, -0.2) is 35.0 Å². The molecule has 8 nitrogen and oxygen atoms in total. The summed E-state index contributed by atoms with van der Waals surface area (Å²) < 4.78 is 31.0. The summed E-state index contributed by atoms with van der Waals surface area (Å²) in [5.41, 5.74) is -0.293. The molecule has 2 aromatic carbocycles. The molecule has 3 rings (SSSR count). The number of carbonyl (C=O) groups is 1. The third-order valence-corrected chi connectivity index (χ3v) is 6.58. The zero-order valence-electron chi connectivity index (χ0n) is 15.3. The molecule has 1 amide bonds. The Balaban J connectivity index is 1.98. The fourth-order valence-corrected chi connectivity index (χ4v) is 4.97. The van der Waals surface area contributed by atoms with Crippen molar-refractivity contribution in [3.05, 3.63) is 81.8 Å². The zero-order valence-corrected chi connectivity index (χ0v) is 17.7. The first-order chi connectivity index (χ1) is 14.2. The smallest absolute Gasteiger partial charge is 0.346 e. The van der Waals surface area contributed by atoms with Gasteiger partial charge in [0.25, 0.3) is 11.6 Å². The maximum absolute atomic E-state index is 12.7. The van der Waals surface area contributed by atoms with E-state index in [9.17, 15) is 23.3 Å². The number of rotatable bonds is 7. The number of thioether (sulfide) groups is 1. The van der Waals surface area contributed by atoms with Crippen LogP contribution in [0.25, 0.3) is 6.08 Å². The molecular formula is C19H14N2O6S3. The summed E-state index contributed by atoms with van der Waals surface area (Å²) >= 11 is 6.26. The normalized spacial score (nSPS) is 15.5. The molecule has 1 fully saturated rings. The van der Waals surface area contributed by atoms with Gasteiger partial charge in [-0.2, -0.15) is 8.42 Å². The first-order valence-electron chi connectivity index (χ1n) is 8.38. The Bertz CT molecular complexity index is 1190. The summed E-state index contributed by atoms with van der Waals surface area (Å²) in [4.78, 5) is 24.0. The number of para-hydroxylation sites is 2. The molecule has 0 atom stereocenters. The van der Waals surface area contributed by atoms with Crippen molar-refractivity contribution in [1.29, 1.82) is 0 Å². The summed E-state index contributed by atoms with van der Waals surface area (Å²) in [6.45, 7) is 3.84. The number of nitro groups is 1. The summed E-state index contributed by atoms with van der Waals surface area (Å²) in [7, 11) is -4.50. The molecule has 0 unspecified atom stereocenters. The topological polar surface area (TPSA) is 107 Å². The summed E-state index contributed by atoms with van der Waals surface area (Å²) in [5, 5.41) is 11.2. The van der Waals surface area contributed by atoms with Gasteiger partial charge in [-0.15, -0.1) is 6.58 Å². The van der Waals surface area contributed by atoms with Gasteiger partial charge < -0.3 is 4.18 Å². The van der Waals surface area contributed by atoms with Crippen molar-refractivity contribution in [2.75, 3.05) is 6.54 Å². The van der Waals surface area contributed by atoms with Crippen LogP contribution in [0.15, 0.2) is 71.0 Å². The van der Waals surface area contributed by atoms with Gasteiger partial charge in [-0.3, -0.25) is 19.8 Å². The molecule has 154 valence electrons. The summed E-state index contributed by atoms with van der Waals surface area (Å²) in [6, 6.07) is 11.0. The molecule has 1 heterocycles. The number of hydrogen-bond acceptors (Lipinski definition) is 8. The van der Waals surface area contributed by atoms with Crippen LogP contribution in [0.4, 0.5) is 5.69 Å². The highest BCUT2D eigenvalue weighted by atomic mass is 32.2. The van der Waals surface area contributed by atoms with Crippen molar-refractivity contribution >= 4 is 56.1 Å². The maximum atomic E-state index is 12.7. The molecular weight excluding hydrogens is 448 g/mol. The first kappa shape index (κ1) is 21.7. The van der Waals surface area contributed by atoms with Crippen LogP contribution in [0, 0.1) is 10.1 Å². The van der Waals surface area contributed by atoms with E-state index in [2.05, 4.69) is 6.58 Å². The second kappa shape index (κ2) is 8.78. The van der Waals surface area contributed by atoms with E-state index in [-0.39, 0.29) is 18.2 Å². The van der Waals surface area contributed by atoms with Gasteiger partial charge in [0.2, 0.25) is 0 Å². The quantitative estimate of drug-likeness (QED) is 0.153. The molecule has 0 bridgehead atoms. The number of benzene rings is 2. The SMILES string of the molecule is C=CCN1C(=O)C(=Cc2ccccc2OS(=O)(=O)c2ccccc2[N+](=O)[O-])SC1=S. The lowest BCUT2D eigenvalue weighted by Gasteiger charge is -2.11. The minimum atomic E-state index is -4.50. The van der Waals surface area contributed by atoms with Crippen LogP contribution in [0.5, 0.6) is 5.75 Å². The Hall–Kier alpha value is -3.02. The molecule has 2 aromatic rings. The standard InChI is InChI=1S/C19H14N2O6S3/c1-2-11-20-18(22)16(29-19(20)28)12-13-7-3-5-9-15(13)27-30(25,26)17-10-6-4-8-14(17)21(23)24/h2-10,12H,1,11H2. The lowest BCUT2D eigenvalue weighted by molar-refractivity contribution is -0.387. The highest BCUT2D eigenvalue weighted by Gasteiger charge is 2.32. The predicted molar refractivity (Wildman–Crippen MR) is 117 cm³/mol. The molecule has 0 aromatic heterocycles. The number of hydrogen-bond donors (Lipinski definition) is 0. The van der Waals surface area contributed by atoms with Gasteiger partial charge in [0.15, 0.2) is 4.90 Å². The Labute approximate surface area is 182 Å². The lowest BCUT2D eigenvalue weighted by atomic mass is 10.2. The number of thiocarbonyl (C=S) groups is 1. The monoisotopic (exact) mass is 462 g/mol. The maximum Gasteiger partial charge on any atom is 0.346 e. The Morgan fingerprint density at radius 1 is 1.20 bits per heavy atom. The third-order valence-electron chi connectivity index (χ3n) is 3.92. The van der Waals surface area contributed by atoms with E-state index in [1.807, 2.05) is 0 Å². The number of carbonyl (C=O) groups excluding carboxylic acids is 1. The Morgan fingerprint density at radius 3 is 2.57 bits per heavy atom. The molecule has 0 N–H and O–H groups in total. The van der Waals surface area contributed by atoms with E-state index >= 15 is 0 Å². The number of nitro benzene ring substituents is 1. The Morgan fingerprint density at radius 2 is 1.87 bits per heavy atom. The van der Waals surface area contributed by atoms with Gasteiger partial charge in [0.05, 0.1) is 9.83 Å². The second-order valence-corrected chi connectivity index (χ2v) is 9.07. The van der Waals surface area contributed by atoms with Crippen molar-refractivity contribution in [3.8, 4) is 5.75 Å². The Kier molecular flexibility index (Phi) is 6.34. The van der Waals surface area contributed by atoms with E-state index < -0.39 is 25.6 Å². The molecule has 0 aliphatic carbocycles. The van der Waals surface area contributed by atoms with Gasteiger partial charge >= 0.3 is 10.1 Å². The van der Waals surface area contributed by atoms with Crippen molar-refractivity contribution in [2.45, 2.75) is 4.90 Å². The van der Waals surface area contributed by atoms with E-state index in [0.29, 0.717) is 14.8 Å². The van der Waals surface area contributed by atoms with Crippen LogP contribution < -0.4 is 4.18 Å². The van der Waals surface area contributed by atoms with Gasteiger partial charge in [-0.05, 0) is 18.2 Å². The van der Waals surface area contributed by atoms with Crippen LogP contribution in [0.1, 0.15) is 5.56 Å². The molecule has 1 saturated heterocycles. The predicted octanol–water partition coefficient (Wildman–Crippen LogP) is 3.75. The average Bonchev–Trinajstić information content (AvgIpc) is 2.97. The van der Waals surface area contributed by atoms with Crippen LogP contribution in [0.2, 0.25) is 0 Å². The third kappa shape index (κ3) is 4.42. The molecule has 0 saturated carbocycles. The van der Waals surface area contributed by atoms with Crippen LogP contribution in [0.3, 0.4) is 0 Å². The van der Waals surface area contributed by atoms with Gasteiger partial charge in [-0.25, -0.2) is 0 Å².